The maximum atomic E-state index is 6.80. The van der Waals surface area contributed by atoms with Crippen molar-refractivity contribution in [3.63, 3.8) is 0 Å². The third kappa shape index (κ3) is 30.9. The first kappa shape index (κ1) is 47.8. The fourth-order valence-electron chi connectivity index (χ4n) is 6.98. The second-order valence-electron chi connectivity index (χ2n) is 15.9. The minimum atomic E-state index is -0.327. The van der Waals surface area contributed by atoms with E-state index in [1.165, 1.54) is 148 Å². The zero-order valence-electron chi connectivity index (χ0n) is 35.0. The van der Waals surface area contributed by atoms with Crippen molar-refractivity contribution in [1.29, 1.82) is 0 Å². The minimum Gasteiger partial charge on any atom is -0.347 e. The van der Waals surface area contributed by atoms with Crippen LogP contribution < -0.4 is 0 Å². The van der Waals surface area contributed by atoms with Crippen molar-refractivity contribution < 1.29 is 9.47 Å². The van der Waals surface area contributed by atoms with Gasteiger partial charge in [-0.05, 0) is 118 Å². The first-order valence-electron chi connectivity index (χ1n) is 22.3. The highest BCUT2D eigenvalue weighted by Gasteiger charge is 2.40. The van der Waals surface area contributed by atoms with Crippen molar-refractivity contribution in [2.75, 3.05) is 47.4 Å². The second kappa shape index (κ2) is 35.8. The van der Waals surface area contributed by atoms with Crippen LogP contribution in [-0.2, 0) is 9.47 Å². The van der Waals surface area contributed by atoms with Gasteiger partial charge in [0.25, 0.3) is 0 Å². The van der Waals surface area contributed by atoms with Gasteiger partial charge in [0.15, 0.2) is 5.79 Å². The SMILES string of the molecule is CCCCC/C=C\C/C=C\CCCCCCCCC1(CCCCCCCC/C=C\C/C=C\CCCCC)OCC(CCCN(C)CCN(C)C)O1. The lowest BCUT2D eigenvalue weighted by Crippen LogP contribution is -2.31. The van der Waals surface area contributed by atoms with E-state index in [2.05, 4.69) is 93.4 Å². The molecular weight excluding hydrogens is 625 g/mol. The fourth-order valence-corrected chi connectivity index (χ4v) is 6.98. The van der Waals surface area contributed by atoms with Crippen molar-refractivity contribution in [1.82, 2.24) is 9.80 Å². The molecule has 0 saturated carbocycles. The third-order valence-corrected chi connectivity index (χ3v) is 10.4. The number of hydrogen-bond donors (Lipinski definition) is 0. The van der Waals surface area contributed by atoms with E-state index < -0.39 is 0 Å². The van der Waals surface area contributed by atoms with Crippen LogP contribution in [0.3, 0.4) is 0 Å². The molecule has 0 radical (unpaired) electrons. The molecule has 1 fully saturated rings. The quantitative estimate of drug-likeness (QED) is 0.0473. The number of allylic oxidation sites excluding steroid dienone is 8. The van der Waals surface area contributed by atoms with Crippen molar-refractivity contribution in [2.24, 2.45) is 0 Å². The van der Waals surface area contributed by atoms with Crippen molar-refractivity contribution in [3.8, 4) is 0 Å². The van der Waals surface area contributed by atoms with Crippen LogP contribution in [0.25, 0.3) is 0 Å². The summed E-state index contributed by atoms with van der Waals surface area (Å²) in [5, 5.41) is 0. The number of hydrogen-bond acceptors (Lipinski definition) is 4. The van der Waals surface area contributed by atoms with Crippen LogP contribution in [0.15, 0.2) is 48.6 Å². The van der Waals surface area contributed by atoms with Crippen LogP contribution in [-0.4, -0.2) is 69.1 Å². The highest BCUT2D eigenvalue weighted by atomic mass is 16.7. The van der Waals surface area contributed by atoms with Crippen molar-refractivity contribution in [3.05, 3.63) is 48.6 Å². The molecule has 0 bridgehead atoms. The summed E-state index contributed by atoms with van der Waals surface area (Å²) in [6.45, 7) is 8.70. The van der Waals surface area contributed by atoms with Gasteiger partial charge < -0.3 is 19.3 Å². The number of rotatable bonds is 37. The normalized spacial score (nSPS) is 16.6. The van der Waals surface area contributed by atoms with Crippen LogP contribution in [0.1, 0.15) is 194 Å². The lowest BCUT2D eigenvalue weighted by atomic mass is 9.98. The number of nitrogens with zero attached hydrogens (tertiary/aromatic N) is 2. The number of likely N-dealkylation sites (N-methyl/N-ethyl adjacent to an activating group) is 2. The molecule has 1 rings (SSSR count). The van der Waals surface area contributed by atoms with Gasteiger partial charge in [0.1, 0.15) is 0 Å². The maximum Gasteiger partial charge on any atom is 0.168 e. The molecule has 4 heteroatoms. The molecule has 0 aromatic carbocycles. The first-order chi connectivity index (χ1) is 25.0. The summed E-state index contributed by atoms with van der Waals surface area (Å²) in [4.78, 5) is 4.72. The summed E-state index contributed by atoms with van der Waals surface area (Å²) in [6, 6.07) is 0. The Bertz CT molecular complexity index is 799. The Balaban J connectivity index is 2.28. The Morgan fingerprint density at radius 2 is 0.922 bits per heavy atom. The standard InChI is InChI=1S/C47H88N2O2/c1-6-8-10-12-14-16-18-20-22-24-26-28-30-32-34-36-40-47(50-45-46(51-47)39-38-42-49(5)44-43-48(3)4)41-37-35-33-31-29-27-25-23-21-19-17-15-13-11-9-7-2/h14-17,20-23,46H,6-13,18-19,24-45H2,1-5H3/b16-14-,17-15-,22-20-,23-21-. The molecule has 1 saturated heterocycles. The molecule has 298 valence electrons. The van der Waals surface area contributed by atoms with Crippen molar-refractivity contribution >= 4 is 0 Å². The second-order valence-corrected chi connectivity index (χ2v) is 15.9. The molecule has 0 aliphatic carbocycles. The summed E-state index contributed by atoms with van der Waals surface area (Å²) in [5.74, 6) is -0.327. The first-order valence-corrected chi connectivity index (χ1v) is 22.3. The monoisotopic (exact) mass is 713 g/mol. The van der Waals surface area contributed by atoms with Crippen LogP contribution >= 0.6 is 0 Å². The fraction of sp³-hybridized carbons (Fsp3) is 0.830. The summed E-state index contributed by atoms with van der Waals surface area (Å²) >= 11 is 0. The smallest absolute Gasteiger partial charge is 0.168 e. The predicted octanol–water partition coefficient (Wildman–Crippen LogP) is 13.8. The highest BCUT2D eigenvalue weighted by Crippen LogP contribution is 2.36. The molecule has 0 aromatic rings. The Hall–Kier alpha value is -1.20. The Kier molecular flexibility index (Phi) is 33.6. The molecule has 0 aromatic heterocycles. The van der Waals surface area contributed by atoms with E-state index >= 15 is 0 Å². The van der Waals surface area contributed by atoms with E-state index in [4.69, 9.17) is 9.47 Å². The van der Waals surface area contributed by atoms with E-state index in [0.29, 0.717) is 0 Å². The summed E-state index contributed by atoms with van der Waals surface area (Å²) in [6.07, 6.45) is 54.6. The van der Waals surface area contributed by atoms with Gasteiger partial charge in [0.05, 0.1) is 12.7 Å². The molecule has 0 spiro atoms. The lowest BCUT2D eigenvalue weighted by Gasteiger charge is -2.29. The van der Waals surface area contributed by atoms with Gasteiger partial charge >= 0.3 is 0 Å². The molecule has 1 aliphatic heterocycles. The Morgan fingerprint density at radius 3 is 1.37 bits per heavy atom. The van der Waals surface area contributed by atoms with Gasteiger partial charge in [-0.2, -0.15) is 0 Å². The summed E-state index contributed by atoms with van der Waals surface area (Å²) in [7, 11) is 6.56. The van der Waals surface area contributed by atoms with Gasteiger partial charge in [-0.15, -0.1) is 0 Å². The largest absolute Gasteiger partial charge is 0.347 e. The Morgan fingerprint density at radius 1 is 0.490 bits per heavy atom. The molecule has 1 heterocycles. The van der Waals surface area contributed by atoms with Gasteiger partial charge in [0.2, 0.25) is 0 Å². The van der Waals surface area contributed by atoms with E-state index in [1.807, 2.05) is 0 Å². The average Bonchev–Trinajstić information content (AvgIpc) is 3.53. The van der Waals surface area contributed by atoms with Gasteiger partial charge in [0, 0.05) is 25.9 Å². The van der Waals surface area contributed by atoms with Crippen LogP contribution in [0.4, 0.5) is 0 Å². The molecule has 1 atom stereocenters. The van der Waals surface area contributed by atoms with Crippen LogP contribution in [0.2, 0.25) is 0 Å². The van der Waals surface area contributed by atoms with Gasteiger partial charge in [-0.3, -0.25) is 0 Å². The number of unbranched alkanes of at least 4 members (excludes halogenated alkanes) is 18. The Labute approximate surface area is 320 Å². The molecular formula is C47H88N2O2. The molecule has 4 nitrogen and oxygen atoms in total. The maximum absolute atomic E-state index is 6.80. The van der Waals surface area contributed by atoms with E-state index in [0.717, 1.165) is 58.3 Å². The molecule has 1 unspecified atom stereocenters. The average molecular weight is 713 g/mol. The van der Waals surface area contributed by atoms with Crippen molar-refractivity contribution in [2.45, 2.75) is 206 Å². The lowest BCUT2D eigenvalue weighted by molar-refractivity contribution is -0.180. The van der Waals surface area contributed by atoms with Crippen LogP contribution in [0, 0.1) is 0 Å². The molecule has 0 N–H and O–H groups in total. The third-order valence-electron chi connectivity index (χ3n) is 10.4. The van der Waals surface area contributed by atoms with Gasteiger partial charge in [-0.1, -0.05) is 140 Å². The summed E-state index contributed by atoms with van der Waals surface area (Å²) in [5.41, 5.74) is 0. The molecule has 0 amide bonds. The molecule has 51 heavy (non-hydrogen) atoms. The van der Waals surface area contributed by atoms with E-state index in [1.54, 1.807) is 0 Å². The van der Waals surface area contributed by atoms with E-state index in [9.17, 15) is 0 Å². The van der Waals surface area contributed by atoms with Crippen LogP contribution in [0.5, 0.6) is 0 Å². The minimum absolute atomic E-state index is 0.265. The predicted molar refractivity (Wildman–Crippen MR) is 227 cm³/mol. The topological polar surface area (TPSA) is 24.9 Å². The zero-order chi connectivity index (χ0) is 36.9. The molecule has 1 aliphatic rings. The van der Waals surface area contributed by atoms with E-state index in [-0.39, 0.29) is 11.9 Å². The number of ether oxygens (including phenoxy) is 2. The highest BCUT2D eigenvalue weighted by molar-refractivity contribution is 4.93. The summed E-state index contributed by atoms with van der Waals surface area (Å²) < 4.78 is 13.4. The zero-order valence-corrected chi connectivity index (χ0v) is 35.0. The van der Waals surface area contributed by atoms with Gasteiger partial charge in [-0.25, -0.2) is 0 Å².